The molecule has 0 radical (unpaired) electrons. The number of amides is 1. The van der Waals surface area contributed by atoms with E-state index in [4.69, 9.17) is 5.11 Å². The van der Waals surface area contributed by atoms with Gasteiger partial charge in [0.2, 0.25) is 0 Å². The summed E-state index contributed by atoms with van der Waals surface area (Å²) in [7, 11) is 0. The first kappa shape index (κ1) is 12.6. The molecular weight excluding hydrogens is 234 g/mol. The number of aromatic amines is 1. The number of aliphatic carboxylic acids is 1. The van der Waals surface area contributed by atoms with Crippen LogP contribution >= 0.6 is 0 Å². The van der Waals surface area contributed by atoms with Crippen LogP contribution in [0.1, 0.15) is 41.7 Å². The third-order valence-electron chi connectivity index (χ3n) is 3.47. The van der Waals surface area contributed by atoms with Crippen molar-refractivity contribution in [2.24, 2.45) is 5.92 Å². The molecule has 1 saturated carbocycles. The third-order valence-corrected chi connectivity index (χ3v) is 3.47. The van der Waals surface area contributed by atoms with E-state index in [0.29, 0.717) is 17.7 Å². The van der Waals surface area contributed by atoms with Crippen molar-refractivity contribution in [3.63, 3.8) is 0 Å². The molecule has 1 aromatic rings. The van der Waals surface area contributed by atoms with Gasteiger partial charge in [0.1, 0.15) is 0 Å². The number of aromatic nitrogens is 2. The number of carbonyl (C=O) groups excluding carboxylic acids is 1. The number of rotatable bonds is 3. The maximum Gasteiger partial charge on any atom is 0.308 e. The number of nitrogens with zero attached hydrogens (tertiary/aromatic N) is 1. The van der Waals surface area contributed by atoms with Gasteiger partial charge in [0.05, 0.1) is 17.7 Å². The lowest BCUT2D eigenvalue weighted by Crippen LogP contribution is -2.45. The first-order chi connectivity index (χ1) is 8.59. The molecule has 6 nitrogen and oxygen atoms in total. The number of carboxylic acid groups (broad SMARTS) is 1. The predicted molar refractivity (Wildman–Crippen MR) is 64.2 cm³/mol. The SMILES string of the molecule is Cc1[nH]ncc1C(=O)NC1CCCCC1C(=O)O. The minimum atomic E-state index is -0.830. The average Bonchev–Trinajstić information content (AvgIpc) is 2.76. The van der Waals surface area contributed by atoms with Gasteiger partial charge in [0, 0.05) is 11.7 Å². The van der Waals surface area contributed by atoms with Crippen molar-refractivity contribution in [2.75, 3.05) is 0 Å². The van der Waals surface area contributed by atoms with Gasteiger partial charge in [-0.25, -0.2) is 0 Å². The van der Waals surface area contributed by atoms with Crippen LogP contribution in [0, 0.1) is 12.8 Å². The van der Waals surface area contributed by atoms with Crippen LogP contribution in [0.15, 0.2) is 6.20 Å². The second-order valence-corrected chi connectivity index (χ2v) is 4.72. The number of hydrogen-bond donors (Lipinski definition) is 3. The van der Waals surface area contributed by atoms with Gasteiger partial charge in [-0.15, -0.1) is 0 Å². The molecule has 2 unspecified atom stereocenters. The van der Waals surface area contributed by atoms with Gasteiger partial charge in [-0.2, -0.15) is 5.10 Å². The van der Waals surface area contributed by atoms with Crippen molar-refractivity contribution >= 4 is 11.9 Å². The highest BCUT2D eigenvalue weighted by Crippen LogP contribution is 2.25. The maximum atomic E-state index is 12.0. The van der Waals surface area contributed by atoms with E-state index in [1.54, 1.807) is 6.92 Å². The fraction of sp³-hybridized carbons (Fsp3) is 0.583. The smallest absolute Gasteiger partial charge is 0.308 e. The normalized spacial score (nSPS) is 23.6. The van der Waals surface area contributed by atoms with E-state index in [1.165, 1.54) is 6.20 Å². The molecule has 1 heterocycles. The van der Waals surface area contributed by atoms with E-state index in [2.05, 4.69) is 15.5 Å². The molecule has 18 heavy (non-hydrogen) atoms. The Morgan fingerprint density at radius 2 is 2.17 bits per heavy atom. The Kier molecular flexibility index (Phi) is 3.64. The molecule has 0 aliphatic heterocycles. The van der Waals surface area contributed by atoms with Gasteiger partial charge in [0.15, 0.2) is 0 Å². The number of carbonyl (C=O) groups is 2. The molecule has 1 aliphatic carbocycles. The quantitative estimate of drug-likeness (QED) is 0.749. The topological polar surface area (TPSA) is 95.1 Å². The Morgan fingerprint density at radius 3 is 2.78 bits per heavy atom. The molecule has 1 aromatic heterocycles. The second kappa shape index (κ2) is 5.20. The largest absolute Gasteiger partial charge is 0.481 e. The number of aryl methyl sites for hydroxylation is 1. The zero-order valence-electron chi connectivity index (χ0n) is 10.3. The molecule has 0 aromatic carbocycles. The summed E-state index contributed by atoms with van der Waals surface area (Å²) in [5.74, 6) is -1.56. The summed E-state index contributed by atoms with van der Waals surface area (Å²) in [4.78, 5) is 23.1. The van der Waals surface area contributed by atoms with Crippen LogP contribution in [0.3, 0.4) is 0 Å². The van der Waals surface area contributed by atoms with Crippen LogP contribution in [0.4, 0.5) is 0 Å². The summed E-state index contributed by atoms with van der Waals surface area (Å²) in [6.07, 6.45) is 4.68. The van der Waals surface area contributed by atoms with E-state index in [0.717, 1.165) is 19.3 Å². The van der Waals surface area contributed by atoms with Gasteiger partial charge in [-0.1, -0.05) is 12.8 Å². The summed E-state index contributed by atoms with van der Waals surface area (Å²) >= 11 is 0. The second-order valence-electron chi connectivity index (χ2n) is 4.72. The Bertz CT molecular complexity index is 455. The van der Waals surface area contributed by atoms with Gasteiger partial charge < -0.3 is 10.4 Å². The monoisotopic (exact) mass is 251 g/mol. The van der Waals surface area contributed by atoms with Crippen molar-refractivity contribution in [3.05, 3.63) is 17.5 Å². The molecular formula is C12H17N3O3. The fourth-order valence-electron chi connectivity index (χ4n) is 2.42. The Hall–Kier alpha value is -1.85. The molecule has 1 fully saturated rings. The highest BCUT2D eigenvalue weighted by atomic mass is 16.4. The summed E-state index contributed by atoms with van der Waals surface area (Å²) < 4.78 is 0. The number of H-pyrrole nitrogens is 1. The van der Waals surface area contributed by atoms with Crippen molar-refractivity contribution in [3.8, 4) is 0 Å². The van der Waals surface area contributed by atoms with E-state index < -0.39 is 11.9 Å². The van der Waals surface area contributed by atoms with Crippen LogP contribution < -0.4 is 5.32 Å². The molecule has 1 aliphatic rings. The minimum Gasteiger partial charge on any atom is -0.481 e. The van der Waals surface area contributed by atoms with Crippen LogP contribution in [-0.2, 0) is 4.79 Å². The van der Waals surface area contributed by atoms with E-state index in [9.17, 15) is 9.59 Å². The van der Waals surface area contributed by atoms with Crippen molar-refractivity contribution in [2.45, 2.75) is 38.6 Å². The molecule has 2 rings (SSSR count). The lowest BCUT2D eigenvalue weighted by atomic mass is 9.84. The Balaban J connectivity index is 2.05. The van der Waals surface area contributed by atoms with Crippen LogP contribution in [0.25, 0.3) is 0 Å². The molecule has 0 bridgehead atoms. The van der Waals surface area contributed by atoms with E-state index in [1.807, 2.05) is 0 Å². The van der Waals surface area contributed by atoms with Crippen molar-refractivity contribution in [1.82, 2.24) is 15.5 Å². The molecule has 6 heteroatoms. The van der Waals surface area contributed by atoms with Gasteiger partial charge in [-0.05, 0) is 19.8 Å². The number of hydrogen-bond acceptors (Lipinski definition) is 3. The van der Waals surface area contributed by atoms with Crippen molar-refractivity contribution in [1.29, 1.82) is 0 Å². The molecule has 0 spiro atoms. The fourth-order valence-corrected chi connectivity index (χ4v) is 2.42. The minimum absolute atomic E-state index is 0.251. The lowest BCUT2D eigenvalue weighted by molar-refractivity contribution is -0.143. The number of nitrogens with one attached hydrogen (secondary N) is 2. The average molecular weight is 251 g/mol. The lowest BCUT2D eigenvalue weighted by Gasteiger charge is -2.29. The zero-order valence-corrected chi connectivity index (χ0v) is 10.3. The van der Waals surface area contributed by atoms with E-state index in [-0.39, 0.29) is 11.9 Å². The third kappa shape index (κ3) is 2.52. The van der Waals surface area contributed by atoms with Gasteiger partial charge in [0.25, 0.3) is 5.91 Å². The first-order valence-corrected chi connectivity index (χ1v) is 6.13. The zero-order chi connectivity index (χ0) is 13.1. The van der Waals surface area contributed by atoms with Gasteiger partial charge in [-0.3, -0.25) is 14.7 Å². The van der Waals surface area contributed by atoms with Crippen LogP contribution in [0.2, 0.25) is 0 Å². The first-order valence-electron chi connectivity index (χ1n) is 6.13. The maximum absolute atomic E-state index is 12.0. The Labute approximate surface area is 105 Å². The summed E-state index contributed by atoms with van der Waals surface area (Å²) in [5.41, 5.74) is 1.17. The summed E-state index contributed by atoms with van der Waals surface area (Å²) in [6, 6.07) is -0.280. The predicted octanol–water partition coefficient (Wildman–Crippen LogP) is 1.09. The molecule has 98 valence electrons. The number of carboxylic acids is 1. The molecule has 2 atom stereocenters. The van der Waals surface area contributed by atoms with Crippen LogP contribution in [0.5, 0.6) is 0 Å². The highest BCUT2D eigenvalue weighted by molar-refractivity contribution is 5.95. The summed E-state index contributed by atoms with van der Waals surface area (Å²) in [6.45, 7) is 1.76. The van der Waals surface area contributed by atoms with Crippen molar-refractivity contribution < 1.29 is 14.7 Å². The van der Waals surface area contributed by atoms with Gasteiger partial charge >= 0.3 is 5.97 Å². The molecule has 3 N–H and O–H groups in total. The molecule has 1 amide bonds. The van der Waals surface area contributed by atoms with Crippen LogP contribution in [-0.4, -0.2) is 33.2 Å². The summed E-state index contributed by atoms with van der Waals surface area (Å²) in [5, 5.41) is 18.4. The van der Waals surface area contributed by atoms with E-state index >= 15 is 0 Å². The standard InChI is InChI=1S/C12H17N3O3/c1-7-9(6-13-15-7)11(16)14-10-5-3-2-4-8(10)12(17)18/h6,8,10H,2-5H2,1H3,(H,13,15)(H,14,16)(H,17,18). The molecule has 0 saturated heterocycles. The highest BCUT2D eigenvalue weighted by Gasteiger charge is 2.32. The Morgan fingerprint density at radius 1 is 1.44 bits per heavy atom.